The Hall–Kier alpha value is -0.380. The summed E-state index contributed by atoms with van der Waals surface area (Å²) in [7, 11) is 1.70. The lowest BCUT2D eigenvalue weighted by Gasteiger charge is -2.20. The van der Waals surface area contributed by atoms with Gasteiger partial charge in [0.05, 0.1) is 7.11 Å². The van der Waals surface area contributed by atoms with E-state index in [-0.39, 0.29) is 12.4 Å². The Balaban J connectivity index is 0.000000980. The molecule has 0 saturated heterocycles. The monoisotopic (exact) mass is 231 g/mol. The second-order valence-corrected chi connectivity index (χ2v) is 4.31. The molecule has 0 bridgehead atoms. The highest BCUT2D eigenvalue weighted by atomic mass is 35.5. The average Bonchev–Trinajstić information content (AvgIpc) is 2.17. The highest BCUT2D eigenvalue weighted by Gasteiger charge is 2.15. The van der Waals surface area contributed by atoms with E-state index in [4.69, 9.17) is 10.5 Å². The van der Waals surface area contributed by atoms with Gasteiger partial charge in [0.25, 0.3) is 0 Å². The fourth-order valence-corrected chi connectivity index (χ4v) is 2.55. The Bertz CT molecular complexity index is 319. The van der Waals surface area contributed by atoms with E-state index in [1.54, 1.807) is 7.11 Å². The Labute approximate surface area is 94.6 Å². The summed E-state index contributed by atoms with van der Waals surface area (Å²) in [6.07, 6.45) is 0.992. The van der Waals surface area contributed by atoms with Crippen molar-refractivity contribution in [2.45, 2.75) is 17.4 Å². The first-order valence-corrected chi connectivity index (χ1v) is 5.33. The van der Waals surface area contributed by atoms with Crippen LogP contribution < -0.4 is 10.5 Å². The number of hydrogen-bond acceptors (Lipinski definition) is 3. The highest BCUT2D eigenvalue weighted by Crippen LogP contribution is 2.32. The molecular formula is C10H14ClNOS. The molecule has 0 radical (unpaired) electrons. The minimum Gasteiger partial charge on any atom is -0.497 e. The zero-order valence-corrected chi connectivity index (χ0v) is 9.66. The van der Waals surface area contributed by atoms with Gasteiger partial charge in [-0.05, 0) is 24.1 Å². The summed E-state index contributed by atoms with van der Waals surface area (Å²) in [5.74, 6) is 1.95. The fourth-order valence-electron chi connectivity index (χ4n) is 1.50. The Morgan fingerprint density at radius 3 is 3.00 bits per heavy atom. The maximum absolute atomic E-state index is 5.87. The zero-order valence-electron chi connectivity index (χ0n) is 8.03. The SMILES string of the molecule is COc1ccc2c(c1)SCC(N)C2.Cl. The van der Waals surface area contributed by atoms with Crippen molar-refractivity contribution >= 4 is 24.2 Å². The number of nitrogens with two attached hydrogens (primary N) is 1. The lowest BCUT2D eigenvalue weighted by atomic mass is 10.1. The molecule has 0 aromatic heterocycles. The molecule has 1 aromatic carbocycles. The molecule has 1 aliphatic heterocycles. The van der Waals surface area contributed by atoms with Crippen LogP contribution in [0.5, 0.6) is 5.75 Å². The van der Waals surface area contributed by atoms with E-state index in [1.165, 1.54) is 10.5 Å². The van der Waals surface area contributed by atoms with Gasteiger partial charge in [-0.15, -0.1) is 24.2 Å². The minimum absolute atomic E-state index is 0. The number of methoxy groups -OCH3 is 1. The van der Waals surface area contributed by atoms with Crippen LogP contribution in [0.2, 0.25) is 0 Å². The van der Waals surface area contributed by atoms with Gasteiger partial charge in [0, 0.05) is 16.7 Å². The molecular weight excluding hydrogens is 218 g/mol. The third-order valence-electron chi connectivity index (χ3n) is 2.21. The molecule has 0 amide bonds. The topological polar surface area (TPSA) is 35.2 Å². The highest BCUT2D eigenvalue weighted by molar-refractivity contribution is 7.99. The van der Waals surface area contributed by atoms with Gasteiger partial charge in [0.1, 0.15) is 5.75 Å². The van der Waals surface area contributed by atoms with E-state index in [0.29, 0.717) is 6.04 Å². The fraction of sp³-hybridized carbons (Fsp3) is 0.400. The maximum Gasteiger partial charge on any atom is 0.119 e. The zero-order chi connectivity index (χ0) is 9.26. The molecule has 78 valence electrons. The van der Waals surface area contributed by atoms with Gasteiger partial charge < -0.3 is 10.5 Å². The van der Waals surface area contributed by atoms with Gasteiger partial charge in [0.2, 0.25) is 0 Å². The average molecular weight is 232 g/mol. The summed E-state index contributed by atoms with van der Waals surface area (Å²) in [4.78, 5) is 1.32. The van der Waals surface area contributed by atoms with Crippen LogP contribution >= 0.6 is 24.2 Å². The van der Waals surface area contributed by atoms with E-state index in [0.717, 1.165) is 17.9 Å². The number of benzene rings is 1. The van der Waals surface area contributed by atoms with Crippen LogP contribution in [-0.2, 0) is 6.42 Å². The van der Waals surface area contributed by atoms with Crippen LogP contribution in [0.4, 0.5) is 0 Å². The van der Waals surface area contributed by atoms with Crippen molar-refractivity contribution in [1.29, 1.82) is 0 Å². The number of fused-ring (bicyclic) bond motifs is 1. The first-order chi connectivity index (χ1) is 6.29. The van der Waals surface area contributed by atoms with Crippen LogP contribution in [0.1, 0.15) is 5.56 Å². The Morgan fingerprint density at radius 1 is 1.50 bits per heavy atom. The van der Waals surface area contributed by atoms with Crippen molar-refractivity contribution in [3.8, 4) is 5.75 Å². The molecule has 2 rings (SSSR count). The summed E-state index contributed by atoms with van der Waals surface area (Å²) in [5.41, 5.74) is 7.22. The molecule has 1 aromatic rings. The van der Waals surface area contributed by atoms with Gasteiger partial charge in [0.15, 0.2) is 0 Å². The number of hydrogen-bond donors (Lipinski definition) is 1. The van der Waals surface area contributed by atoms with Crippen molar-refractivity contribution in [2.75, 3.05) is 12.9 Å². The third kappa shape index (κ3) is 2.35. The van der Waals surface area contributed by atoms with Crippen molar-refractivity contribution in [1.82, 2.24) is 0 Å². The van der Waals surface area contributed by atoms with Crippen LogP contribution in [-0.4, -0.2) is 18.9 Å². The van der Waals surface area contributed by atoms with Gasteiger partial charge in [-0.3, -0.25) is 0 Å². The molecule has 2 nitrogen and oxygen atoms in total. The van der Waals surface area contributed by atoms with Gasteiger partial charge in [-0.25, -0.2) is 0 Å². The summed E-state index contributed by atoms with van der Waals surface area (Å²) < 4.78 is 5.16. The van der Waals surface area contributed by atoms with E-state index in [9.17, 15) is 0 Å². The molecule has 0 saturated carbocycles. The first kappa shape index (κ1) is 11.7. The van der Waals surface area contributed by atoms with Crippen molar-refractivity contribution in [2.24, 2.45) is 5.73 Å². The van der Waals surface area contributed by atoms with Crippen LogP contribution in [0.3, 0.4) is 0 Å². The van der Waals surface area contributed by atoms with E-state index in [1.807, 2.05) is 17.8 Å². The van der Waals surface area contributed by atoms with Crippen LogP contribution in [0.25, 0.3) is 0 Å². The molecule has 0 fully saturated rings. The molecule has 1 unspecified atom stereocenters. The summed E-state index contributed by atoms with van der Waals surface area (Å²) in [5, 5.41) is 0. The Morgan fingerprint density at radius 2 is 2.29 bits per heavy atom. The van der Waals surface area contributed by atoms with Gasteiger partial charge in [-0.1, -0.05) is 6.07 Å². The molecule has 1 atom stereocenters. The largest absolute Gasteiger partial charge is 0.497 e. The second-order valence-electron chi connectivity index (χ2n) is 3.25. The second kappa shape index (κ2) is 4.91. The normalized spacial score (nSPS) is 19.4. The number of halogens is 1. The summed E-state index contributed by atoms with van der Waals surface area (Å²) >= 11 is 1.82. The lowest BCUT2D eigenvalue weighted by Crippen LogP contribution is -2.28. The predicted molar refractivity (Wildman–Crippen MR) is 62.6 cm³/mol. The smallest absolute Gasteiger partial charge is 0.119 e. The molecule has 2 N–H and O–H groups in total. The molecule has 14 heavy (non-hydrogen) atoms. The minimum atomic E-state index is 0. The summed E-state index contributed by atoms with van der Waals surface area (Å²) in [6, 6.07) is 6.51. The quantitative estimate of drug-likeness (QED) is 0.804. The van der Waals surface area contributed by atoms with Crippen molar-refractivity contribution in [3.05, 3.63) is 23.8 Å². The van der Waals surface area contributed by atoms with Gasteiger partial charge in [-0.2, -0.15) is 0 Å². The van der Waals surface area contributed by atoms with Crippen molar-refractivity contribution < 1.29 is 4.74 Å². The standard InChI is InChI=1S/C10H13NOS.ClH/c1-12-9-3-2-7-4-8(11)6-13-10(7)5-9;/h2-3,5,8H,4,6,11H2,1H3;1H. The van der Waals surface area contributed by atoms with E-state index < -0.39 is 0 Å². The summed E-state index contributed by atoms with van der Waals surface area (Å²) in [6.45, 7) is 0. The van der Waals surface area contributed by atoms with E-state index in [2.05, 4.69) is 12.1 Å². The maximum atomic E-state index is 5.87. The number of thioether (sulfide) groups is 1. The van der Waals surface area contributed by atoms with Crippen molar-refractivity contribution in [3.63, 3.8) is 0 Å². The van der Waals surface area contributed by atoms with Crippen LogP contribution in [0, 0.1) is 0 Å². The predicted octanol–water partition coefficient (Wildman–Crippen LogP) is 2.09. The number of ether oxygens (including phenoxy) is 1. The molecule has 4 heteroatoms. The third-order valence-corrected chi connectivity index (χ3v) is 3.50. The molecule has 1 aliphatic rings. The Kier molecular flexibility index (Phi) is 4.11. The number of rotatable bonds is 1. The van der Waals surface area contributed by atoms with Crippen LogP contribution in [0.15, 0.2) is 23.1 Å². The lowest BCUT2D eigenvalue weighted by molar-refractivity contribution is 0.413. The van der Waals surface area contributed by atoms with Gasteiger partial charge >= 0.3 is 0 Å². The molecule has 1 heterocycles. The van der Waals surface area contributed by atoms with E-state index >= 15 is 0 Å². The molecule has 0 spiro atoms. The molecule has 0 aliphatic carbocycles. The first-order valence-electron chi connectivity index (χ1n) is 4.35.